The zero-order valence-electron chi connectivity index (χ0n) is 10.9. The van der Waals surface area contributed by atoms with Crippen molar-refractivity contribution in [2.24, 2.45) is 0 Å². The molecule has 0 saturated heterocycles. The van der Waals surface area contributed by atoms with Gasteiger partial charge in [-0.1, -0.05) is 18.2 Å². The number of aliphatic carboxylic acids is 1. The van der Waals surface area contributed by atoms with E-state index < -0.39 is 5.97 Å². The first-order valence-electron chi connectivity index (χ1n) is 6.35. The second kappa shape index (κ2) is 5.69. The number of carboxylic acid groups (broad SMARTS) is 1. The van der Waals surface area contributed by atoms with E-state index in [0.29, 0.717) is 18.7 Å². The lowest BCUT2D eigenvalue weighted by molar-refractivity contribution is -0.131. The fourth-order valence-corrected chi connectivity index (χ4v) is 2.39. The number of benzene rings is 1. The molecule has 4 nitrogen and oxygen atoms in total. The quantitative estimate of drug-likeness (QED) is 0.846. The molecular weight excluding hydrogens is 242 g/mol. The maximum atomic E-state index is 12.4. The lowest BCUT2D eigenvalue weighted by Gasteiger charge is -2.21. The van der Waals surface area contributed by atoms with E-state index in [-0.39, 0.29) is 5.91 Å². The van der Waals surface area contributed by atoms with Crippen LogP contribution in [0, 0.1) is 0 Å². The highest BCUT2D eigenvalue weighted by Gasteiger charge is 2.21. The zero-order valence-corrected chi connectivity index (χ0v) is 10.9. The number of aryl methyl sites for hydroxylation is 1. The predicted molar refractivity (Wildman–Crippen MR) is 72.1 cm³/mol. The molecule has 1 aliphatic heterocycles. The maximum absolute atomic E-state index is 12.4. The molecule has 1 aromatic rings. The lowest BCUT2D eigenvalue weighted by Crippen LogP contribution is -2.32. The molecular formula is C15H17NO3. The Balaban J connectivity index is 2.20. The normalized spacial score (nSPS) is 15.9. The molecule has 0 bridgehead atoms. The molecule has 1 N–H and O–H groups in total. The van der Waals surface area contributed by atoms with E-state index >= 15 is 0 Å². The highest BCUT2D eigenvalue weighted by Crippen LogP contribution is 2.19. The molecule has 0 aliphatic carbocycles. The van der Waals surface area contributed by atoms with Crippen LogP contribution in [-0.4, -0.2) is 35.0 Å². The number of rotatable bonds is 3. The smallest absolute Gasteiger partial charge is 0.328 e. The van der Waals surface area contributed by atoms with E-state index in [1.165, 1.54) is 0 Å². The van der Waals surface area contributed by atoms with Gasteiger partial charge in [0.15, 0.2) is 0 Å². The van der Waals surface area contributed by atoms with Gasteiger partial charge in [0.1, 0.15) is 0 Å². The molecule has 2 rings (SSSR count). The molecule has 4 heteroatoms. The van der Waals surface area contributed by atoms with Crippen LogP contribution in [0.3, 0.4) is 0 Å². The third-order valence-corrected chi connectivity index (χ3v) is 3.22. The summed E-state index contributed by atoms with van der Waals surface area (Å²) in [5.41, 5.74) is 2.50. The Morgan fingerprint density at radius 1 is 1.42 bits per heavy atom. The average Bonchev–Trinajstić information content (AvgIpc) is 2.50. The monoisotopic (exact) mass is 259 g/mol. The molecule has 0 spiro atoms. The van der Waals surface area contributed by atoms with Gasteiger partial charge in [-0.05, 0) is 37.0 Å². The Hall–Kier alpha value is -2.10. The van der Waals surface area contributed by atoms with Crippen molar-refractivity contribution in [1.29, 1.82) is 0 Å². The van der Waals surface area contributed by atoms with Gasteiger partial charge in [0.25, 0.3) is 5.91 Å². The lowest BCUT2D eigenvalue weighted by atomic mass is 10.0. The van der Waals surface area contributed by atoms with E-state index in [2.05, 4.69) is 0 Å². The summed E-state index contributed by atoms with van der Waals surface area (Å²) in [6.07, 6.45) is 2.95. The van der Waals surface area contributed by atoms with E-state index in [0.717, 1.165) is 30.0 Å². The molecule has 0 radical (unpaired) electrons. The summed E-state index contributed by atoms with van der Waals surface area (Å²) in [5.74, 6) is -0.980. The minimum Gasteiger partial charge on any atom is -0.478 e. The zero-order chi connectivity index (χ0) is 13.8. The fraction of sp³-hybridized carbons (Fsp3) is 0.333. The van der Waals surface area contributed by atoms with Gasteiger partial charge >= 0.3 is 5.97 Å². The minimum atomic E-state index is -0.972. The minimum absolute atomic E-state index is 0.00811. The highest BCUT2D eigenvalue weighted by molar-refractivity contribution is 5.96. The summed E-state index contributed by atoms with van der Waals surface area (Å²) in [5, 5.41) is 8.71. The molecule has 1 aliphatic rings. The van der Waals surface area contributed by atoms with Crippen molar-refractivity contribution in [2.75, 3.05) is 13.1 Å². The Morgan fingerprint density at radius 2 is 2.16 bits per heavy atom. The maximum Gasteiger partial charge on any atom is 0.328 e. The van der Waals surface area contributed by atoms with Crippen molar-refractivity contribution in [3.8, 4) is 0 Å². The average molecular weight is 259 g/mol. The molecule has 1 aromatic carbocycles. The van der Waals surface area contributed by atoms with E-state index in [1.54, 1.807) is 11.8 Å². The Bertz CT molecular complexity index is 534. The molecule has 1 heterocycles. The number of hydrogen-bond acceptors (Lipinski definition) is 2. The standard InChI is InChI=1S/C15H17NO3/c1-11(9-14(17)18)10-16-8-4-6-12-5-2-3-7-13(12)15(16)19/h2-3,5,7,9H,4,6,8,10H2,1H3,(H,17,18)/b11-9-. The first kappa shape index (κ1) is 13.3. The molecule has 100 valence electrons. The fourth-order valence-electron chi connectivity index (χ4n) is 2.39. The number of carboxylic acids is 1. The van der Waals surface area contributed by atoms with Crippen LogP contribution in [-0.2, 0) is 11.2 Å². The third-order valence-electron chi connectivity index (χ3n) is 3.22. The van der Waals surface area contributed by atoms with Gasteiger partial charge < -0.3 is 10.0 Å². The molecule has 0 atom stereocenters. The van der Waals surface area contributed by atoms with Crippen LogP contribution in [0.1, 0.15) is 29.3 Å². The summed E-state index contributed by atoms with van der Waals surface area (Å²) in [6, 6.07) is 7.63. The molecule has 19 heavy (non-hydrogen) atoms. The van der Waals surface area contributed by atoms with Crippen LogP contribution in [0.15, 0.2) is 35.9 Å². The van der Waals surface area contributed by atoms with Crippen LogP contribution in [0.5, 0.6) is 0 Å². The Morgan fingerprint density at radius 3 is 2.89 bits per heavy atom. The van der Waals surface area contributed by atoms with Gasteiger partial charge in [-0.25, -0.2) is 4.79 Å². The summed E-state index contributed by atoms with van der Waals surface area (Å²) in [7, 11) is 0. The number of amides is 1. The number of carbonyl (C=O) groups excluding carboxylic acids is 1. The number of hydrogen-bond donors (Lipinski definition) is 1. The van der Waals surface area contributed by atoms with Crippen molar-refractivity contribution in [3.63, 3.8) is 0 Å². The van der Waals surface area contributed by atoms with Gasteiger partial charge in [-0.2, -0.15) is 0 Å². The third kappa shape index (κ3) is 3.22. The van der Waals surface area contributed by atoms with E-state index in [4.69, 9.17) is 5.11 Å². The molecule has 1 amide bonds. The largest absolute Gasteiger partial charge is 0.478 e. The predicted octanol–water partition coefficient (Wildman–Crippen LogP) is 2.11. The summed E-state index contributed by atoms with van der Waals surface area (Å²) in [4.78, 5) is 24.8. The second-order valence-corrected chi connectivity index (χ2v) is 4.82. The van der Waals surface area contributed by atoms with Crippen LogP contribution in [0.2, 0.25) is 0 Å². The van der Waals surface area contributed by atoms with Gasteiger partial charge in [0.2, 0.25) is 0 Å². The van der Waals surface area contributed by atoms with Crippen molar-refractivity contribution in [1.82, 2.24) is 4.90 Å². The topological polar surface area (TPSA) is 57.6 Å². The SMILES string of the molecule is C/C(=C/C(=O)O)CN1CCCc2ccccc2C1=O. The second-order valence-electron chi connectivity index (χ2n) is 4.82. The Kier molecular flexibility index (Phi) is 4.00. The van der Waals surface area contributed by atoms with Crippen LogP contribution in [0.25, 0.3) is 0 Å². The molecule has 0 fully saturated rings. The first-order valence-corrected chi connectivity index (χ1v) is 6.35. The van der Waals surface area contributed by atoms with Crippen LogP contribution in [0.4, 0.5) is 0 Å². The van der Waals surface area contributed by atoms with E-state index in [1.807, 2.05) is 24.3 Å². The van der Waals surface area contributed by atoms with Crippen molar-refractivity contribution < 1.29 is 14.7 Å². The molecule has 0 aromatic heterocycles. The van der Waals surface area contributed by atoms with Crippen molar-refractivity contribution in [2.45, 2.75) is 19.8 Å². The summed E-state index contributed by atoms with van der Waals surface area (Å²) in [6.45, 7) is 2.77. The van der Waals surface area contributed by atoms with Gasteiger partial charge in [-0.3, -0.25) is 4.79 Å². The Labute approximate surface area is 112 Å². The van der Waals surface area contributed by atoms with Gasteiger partial charge in [-0.15, -0.1) is 0 Å². The van der Waals surface area contributed by atoms with E-state index in [9.17, 15) is 9.59 Å². The number of nitrogens with zero attached hydrogens (tertiary/aromatic N) is 1. The number of fused-ring (bicyclic) bond motifs is 1. The van der Waals surface area contributed by atoms with Gasteiger partial charge in [0, 0.05) is 24.7 Å². The van der Waals surface area contributed by atoms with Crippen LogP contribution < -0.4 is 0 Å². The number of carbonyl (C=O) groups is 2. The summed E-state index contributed by atoms with van der Waals surface area (Å²) < 4.78 is 0. The van der Waals surface area contributed by atoms with Crippen molar-refractivity contribution >= 4 is 11.9 Å². The van der Waals surface area contributed by atoms with Crippen LogP contribution >= 0.6 is 0 Å². The first-order chi connectivity index (χ1) is 9.08. The highest BCUT2D eigenvalue weighted by atomic mass is 16.4. The van der Waals surface area contributed by atoms with Crippen molar-refractivity contribution in [3.05, 3.63) is 47.0 Å². The summed E-state index contributed by atoms with van der Waals surface area (Å²) >= 11 is 0. The van der Waals surface area contributed by atoms with Gasteiger partial charge in [0.05, 0.1) is 0 Å². The molecule has 0 saturated carbocycles. The molecule has 0 unspecified atom stereocenters.